The molecule has 0 saturated carbocycles. The van der Waals surface area contributed by atoms with Crippen molar-refractivity contribution < 1.29 is 28.2 Å². The van der Waals surface area contributed by atoms with Crippen LogP contribution in [0.2, 0.25) is 5.02 Å². The normalized spacial score (nSPS) is 10.7. The first-order valence-electron chi connectivity index (χ1n) is 12.7. The highest BCUT2D eigenvalue weighted by Crippen LogP contribution is 2.29. The van der Waals surface area contributed by atoms with Crippen LogP contribution in [0.15, 0.2) is 96.1 Å². The molecule has 4 aromatic carbocycles. The monoisotopic (exact) mass is 575 g/mol. The summed E-state index contributed by atoms with van der Waals surface area (Å²) in [6, 6.07) is 24.9. The Balaban J connectivity index is 1.30. The Morgan fingerprint density at radius 1 is 0.878 bits per heavy atom. The summed E-state index contributed by atoms with van der Waals surface area (Å²) in [6.07, 6.45) is 1.43. The van der Waals surface area contributed by atoms with Gasteiger partial charge in [0.25, 0.3) is 11.8 Å². The number of benzene rings is 4. The Morgan fingerprint density at radius 3 is 2.37 bits per heavy atom. The maximum atomic E-state index is 13.0. The van der Waals surface area contributed by atoms with Crippen LogP contribution in [-0.4, -0.2) is 31.2 Å². The molecule has 0 bridgehead atoms. The largest absolute Gasteiger partial charge is 0.490 e. The van der Waals surface area contributed by atoms with Crippen LogP contribution >= 0.6 is 11.6 Å². The van der Waals surface area contributed by atoms with Crippen LogP contribution in [0.5, 0.6) is 17.2 Å². The van der Waals surface area contributed by atoms with Gasteiger partial charge in [0.2, 0.25) is 0 Å². The van der Waals surface area contributed by atoms with E-state index in [0.717, 1.165) is 5.56 Å². The topological polar surface area (TPSA) is 98.3 Å². The molecule has 0 radical (unpaired) electrons. The average molecular weight is 576 g/mol. The van der Waals surface area contributed by atoms with E-state index in [1.807, 2.05) is 37.3 Å². The van der Waals surface area contributed by atoms with E-state index in [1.54, 1.807) is 36.4 Å². The maximum Gasteiger partial charge on any atom is 0.271 e. The van der Waals surface area contributed by atoms with Gasteiger partial charge in [0.15, 0.2) is 18.1 Å². The van der Waals surface area contributed by atoms with Crippen molar-refractivity contribution in [3.63, 3.8) is 0 Å². The maximum absolute atomic E-state index is 13.0. The fraction of sp³-hybridized carbons (Fsp3) is 0.129. The first-order valence-corrected chi connectivity index (χ1v) is 13.0. The number of hydrazone groups is 1. The van der Waals surface area contributed by atoms with Crippen molar-refractivity contribution >= 4 is 35.3 Å². The second-order valence-corrected chi connectivity index (χ2v) is 9.01. The van der Waals surface area contributed by atoms with Gasteiger partial charge in [0, 0.05) is 11.3 Å². The zero-order valence-electron chi connectivity index (χ0n) is 22.1. The van der Waals surface area contributed by atoms with Gasteiger partial charge in [-0.25, -0.2) is 9.82 Å². The quantitative estimate of drug-likeness (QED) is 0.154. The van der Waals surface area contributed by atoms with E-state index in [2.05, 4.69) is 15.8 Å². The van der Waals surface area contributed by atoms with Gasteiger partial charge < -0.3 is 19.5 Å². The lowest BCUT2D eigenvalue weighted by atomic mass is 10.2. The molecule has 0 saturated heterocycles. The van der Waals surface area contributed by atoms with E-state index in [9.17, 15) is 14.0 Å². The first kappa shape index (κ1) is 29.1. The second-order valence-electron chi connectivity index (χ2n) is 8.60. The number of carbonyl (C=O) groups is 2. The van der Waals surface area contributed by atoms with E-state index in [4.69, 9.17) is 25.8 Å². The van der Waals surface area contributed by atoms with E-state index in [0.29, 0.717) is 47.3 Å². The number of hydrogen-bond acceptors (Lipinski definition) is 6. The van der Waals surface area contributed by atoms with Crippen molar-refractivity contribution in [2.75, 3.05) is 18.5 Å². The van der Waals surface area contributed by atoms with Crippen LogP contribution in [0.3, 0.4) is 0 Å². The van der Waals surface area contributed by atoms with Gasteiger partial charge in [-0.15, -0.1) is 0 Å². The molecule has 0 atom stereocenters. The lowest BCUT2D eigenvalue weighted by Gasteiger charge is -2.13. The first-order chi connectivity index (χ1) is 19.9. The molecule has 4 aromatic rings. The minimum atomic E-state index is -0.435. The van der Waals surface area contributed by atoms with Crippen molar-refractivity contribution in [3.05, 3.63) is 119 Å². The highest BCUT2D eigenvalue weighted by atomic mass is 35.5. The highest BCUT2D eigenvalue weighted by Gasteiger charge is 2.12. The summed E-state index contributed by atoms with van der Waals surface area (Å²) in [5.41, 5.74) is 4.88. The number of halogens is 2. The summed E-state index contributed by atoms with van der Waals surface area (Å²) in [5.74, 6) is 0.0118. The molecule has 0 spiro atoms. The van der Waals surface area contributed by atoms with E-state index < -0.39 is 17.6 Å². The molecular formula is C31H27ClFN3O5. The molecule has 210 valence electrons. The lowest BCUT2D eigenvalue weighted by molar-refractivity contribution is -0.118. The van der Waals surface area contributed by atoms with Crippen LogP contribution in [-0.2, 0) is 11.4 Å². The number of nitrogens with one attached hydrogen (secondary N) is 2. The van der Waals surface area contributed by atoms with E-state index >= 15 is 0 Å². The number of anilines is 1. The van der Waals surface area contributed by atoms with Crippen molar-refractivity contribution in [2.24, 2.45) is 5.10 Å². The molecule has 0 aromatic heterocycles. The van der Waals surface area contributed by atoms with Gasteiger partial charge in [-0.1, -0.05) is 41.9 Å². The van der Waals surface area contributed by atoms with Crippen LogP contribution in [0, 0.1) is 5.82 Å². The number of rotatable bonds is 12. The summed E-state index contributed by atoms with van der Waals surface area (Å²) < 4.78 is 30.0. The van der Waals surface area contributed by atoms with Gasteiger partial charge in [0.05, 0.1) is 17.8 Å². The molecule has 0 unspecified atom stereocenters. The predicted octanol–water partition coefficient (Wildman–Crippen LogP) is 6.24. The third-order valence-electron chi connectivity index (χ3n) is 5.57. The molecule has 8 nitrogen and oxygen atoms in total. The van der Waals surface area contributed by atoms with Gasteiger partial charge in [-0.05, 0) is 78.7 Å². The second kappa shape index (κ2) is 14.5. The summed E-state index contributed by atoms with van der Waals surface area (Å²) >= 11 is 6.28. The Hall–Kier alpha value is -4.89. The fourth-order valence-electron chi connectivity index (χ4n) is 3.59. The van der Waals surface area contributed by atoms with Crippen LogP contribution < -0.4 is 25.0 Å². The van der Waals surface area contributed by atoms with Crippen molar-refractivity contribution in [1.29, 1.82) is 0 Å². The molecule has 0 fully saturated rings. The molecule has 0 heterocycles. The Morgan fingerprint density at radius 2 is 1.63 bits per heavy atom. The summed E-state index contributed by atoms with van der Waals surface area (Å²) in [5, 5.41) is 6.85. The third kappa shape index (κ3) is 8.81. The summed E-state index contributed by atoms with van der Waals surface area (Å²) in [7, 11) is 0. The predicted molar refractivity (Wildman–Crippen MR) is 155 cm³/mol. The zero-order valence-corrected chi connectivity index (χ0v) is 22.9. The van der Waals surface area contributed by atoms with Crippen LogP contribution in [0.4, 0.5) is 10.1 Å². The Labute approximate surface area is 241 Å². The van der Waals surface area contributed by atoms with Gasteiger partial charge in [-0.2, -0.15) is 5.10 Å². The number of amides is 2. The number of ether oxygens (including phenoxy) is 3. The minimum Gasteiger partial charge on any atom is -0.490 e. The Bertz CT molecular complexity index is 1510. The summed E-state index contributed by atoms with van der Waals surface area (Å²) in [6.45, 7) is 2.33. The third-order valence-corrected chi connectivity index (χ3v) is 5.86. The molecule has 2 amide bonds. The van der Waals surface area contributed by atoms with Crippen LogP contribution in [0.1, 0.15) is 28.4 Å². The van der Waals surface area contributed by atoms with Crippen LogP contribution in [0.25, 0.3) is 0 Å². The zero-order chi connectivity index (χ0) is 29.0. The number of hydrogen-bond donors (Lipinski definition) is 2. The van der Waals surface area contributed by atoms with E-state index in [1.165, 1.54) is 30.5 Å². The SMILES string of the molecule is CCOc1cc(C(=O)N/N=C/c2ccc(OCC(=O)Nc3ccc(F)cc3)c(Cl)c2)ccc1OCc1ccccc1. The summed E-state index contributed by atoms with van der Waals surface area (Å²) in [4.78, 5) is 24.8. The molecule has 41 heavy (non-hydrogen) atoms. The standard InChI is InChI=1S/C31H27ClFN3O5/c1-2-39-29-17-23(9-15-28(29)40-19-21-6-4-3-5-7-21)31(38)36-34-18-22-8-14-27(26(32)16-22)41-20-30(37)35-25-12-10-24(33)11-13-25/h3-18H,2,19-20H2,1H3,(H,35,37)(H,36,38)/b34-18+. The minimum absolute atomic E-state index is 0.252. The molecule has 0 aliphatic carbocycles. The smallest absolute Gasteiger partial charge is 0.271 e. The van der Waals surface area contributed by atoms with Crippen molar-refractivity contribution in [1.82, 2.24) is 5.43 Å². The van der Waals surface area contributed by atoms with Crippen molar-refractivity contribution in [3.8, 4) is 17.2 Å². The molecule has 0 aliphatic heterocycles. The molecule has 10 heteroatoms. The average Bonchev–Trinajstić information content (AvgIpc) is 2.98. The Kier molecular flexibility index (Phi) is 10.3. The van der Waals surface area contributed by atoms with Gasteiger partial charge in [0.1, 0.15) is 18.2 Å². The van der Waals surface area contributed by atoms with Gasteiger partial charge >= 0.3 is 0 Å². The molecule has 0 aliphatic rings. The fourth-order valence-corrected chi connectivity index (χ4v) is 3.83. The van der Waals surface area contributed by atoms with Crippen molar-refractivity contribution in [2.45, 2.75) is 13.5 Å². The van der Waals surface area contributed by atoms with Gasteiger partial charge in [-0.3, -0.25) is 9.59 Å². The van der Waals surface area contributed by atoms with E-state index in [-0.39, 0.29) is 11.6 Å². The lowest BCUT2D eigenvalue weighted by Crippen LogP contribution is -2.20. The molecule has 2 N–H and O–H groups in total. The molecular weight excluding hydrogens is 549 g/mol. The number of carbonyl (C=O) groups excluding carboxylic acids is 2. The number of nitrogens with zero attached hydrogens (tertiary/aromatic N) is 1. The molecule has 4 rings (SSSR count). The highest BCUT2D eigenvalue weighted by molar-refractivity contribution is 6.32.